The Morgan fingerprint density at radius 3 is 2.71 bits per heavy atom. The van der Waals surface area contributed by atoms with Crippen molar-refractivity contribution in [1.82, 2.24) is 4.90 Å². The Kier molecular flexibility index (Phi) is 5.04. The number of ether oxygens (including phenoxy) is 1. The second-order valence-electron chi connectivity index (χ2n) is 5.28. The zero-order chi connectivity index (χ0) is 15.2. The molecule has 21 heavy (non-hydrogen) atoms. The first-order valence-corrected chi connectivity index (χ1v) is 7.29. The van der Waals surface area contributed by atoms with E-state index in [-0.39, 0.29) is 11.9 Å². The number of rotatable bonds is 4. The first-order chi connectivity index (χ1) is 10.2. The summed E-state index contributed by atoms with van der Waals surface area (Å²) in [5.41, 5.74) is 1.14. The molecule has 1 unspecified atom stereocenters. The Bertz CT molecular complexity index is 545. The van der Waals surface area contributed by atoms with E-state index in [9.17, 15) is 4.79 Å². The number of carbonyl (C=O) groups is 1. The van der Waals surface area contributed by atoms with E-state index >= 15 is 0 Å². The van der Waals surface area contributed by atoms with Crippen LogP contribution in [0.4, 0.5) is 5.69 Å². The van der Waals surface area contributed by atoms with E-state index in [4.69, 9.17) is 10.00 Å². The number of nitrogens with zero attached hydrogens (tertiary/aromatic N) is 2. The average Bonchev–Trinajstić information content (AvgIpc) is 2.54. The van der Waals surface area contributed by atoms with Crippen molar-refractivity contribution in [2.75, 3.05) is 25.5 Å². The molecule has 1 aromatic rings. The van der Waals surface area contributed by atoms with Crippen molar-refractivity contribution < 1.29 is 9.53 Å². The molecule has 1 N–H and O–H groups in total. The highest BCUT2D eigenvalue weighted by molar-refractivity contribution is 5.85. The van der Waals surface area contributed by atoms with Crippen LogP contribution in [0.5, 0.6) is 5.75 Å². The molecule has 0 saturated carbocycles. The van der Waals surface area contributed by atoms with Crippen molar-refractivity contribution in [2.45, 2.75) is 32.2 Å². The predicted molar refractivity (Wildman–Crippen MR) is 81.2 cm³/mol. The summed E-state index contributed by atoms with van der Waals surface area (Å²) in [6.07, 6.45) is 3.34. The van der Waals surface area contributed by atoms with Crippen LogP contribution in [0.2, 0.25) is 0 Å². The van der Waals surface area contributed by atoms with Gasteiger partial charge in [-0.2, -0.15) is 5.26 Å². The van der Waals surface area contributed by atoms with Crippen molar-refractivity contribution in [1.29, 1.82) is 5.26 Å². The average molecular weight is 287 g/mol. The molecule has 0 bridgehead atoms. The fourth-order valence-electron chi connectivity index (χ4n) is 2.55. The molecule has 1 aromatic carbocycles. The molecule has 1 heterocycles. The molecule has 1 aliphatic heterocycles. The summed E-state index contributed by atoms with van der Waals surface area (Å²) in [6, 6.07) is 6.95. The minimum Gasteiger partial charge on any atom is -0.497 e. The van der Waals surface area contributed by atoms with Gasteiger partial charge in [-0.25, -0.2) is 0 Å². The molecule has 1 fully saturated rings. The molecule has 1 aliphatic rings. The van der Waals surface area contributed by atoms with E-state index in [0.29, 0.717) is 17.0 Å². The summed E-state index contributed by atoms with van der Waals surface area (Å²) >= 11 is 0. The third kappa shape index (κ3) is 3.66. The van der Waals surface area contributed by atoms with Gasteiger partial charge >= 0.3 is 0 Å². The van der Waals surface area contributed by atoms with Gasteiger partial charge in [-0.1, -0.05) is 0 Å². The number of benzene rings is 1. The first-order valence-electron chi connectivity index (χ1n) is 7.29. The Morgan fingerprint density at radius 2 is 2.10 bits per heavy atom. The maximum Gasteiger partial charge on any atom is 0.244 e. The van der Waals surface area contributed by atoms with Crippen LogP contribution in [-0.4, -0.2) is 37.0 Å². The van der Waals surface area contributed by atoms with Crippen LogP contribution in [0.15, 0.2) is 18.2 Å². The molecule has 0 aromatic heterocycles. The number of nitriles is 1. The largest absolute Gasteiger partial charge is 0.497 e. The summed E-state index contributed by atoms with van der Waals surface area (Å²) in [5.74, 6) is 0.746. The van der Waals surface area contributed by atoms with Crippen LogP contribution in [0.3, 0.4) is 0 Å². The second kappa shape index (κ2) is 6.98. The van der Waals surface area contributed by atoms with Crippen LogP contribution in [0, 0.1) is 11.3 Å². The number of nitrogens with one attached hydrogen (secondary N) is 1. The van der Waals surface area contributed by atoms with Crippen LogP contribution in [-0.2, 0) is 4.79 Å². The van der Waals surface area contributed by atoms with E-state index in [0.717, 1.165) is 25.9 Å². The van der Waals surface area contributed by atoms with Crippen molar-refractivity contribution in [3.63, 3.8) is 0 Å². The fourth-order valence-corrected chi connectivity index (χ4v) is 2.55. The lowest BCUT2D eigenvalue weighted by molar-refractivity contribution is -0.132. The third-order valence-corrected chi connectivity index (χ3v) is 3.76. The number of piperidine rings is 1. The van der Waals surface area contributed by atoms with E-state index in [2.05, 4.69) is 11.4 Å². The number of likely N-dealkylation sites (tertiary alicyclic amines) is 1. The highest BCUT2D eigenvalue weighted by Crippen LogP contribution is 2.23. The lowest BCUT2D eigenvalue weighted by Crippen LogP contribution is -2.44. The van der Waals surface area contributed by atoms with Crippen LogP contribution < -0.4 is 10.1 Å². The number of hydrogen-bond donors (Lipinski definition) is 1. The van der Waals surface area contributed by atoms with Gasteiger partial charge in [0, 0.05) is 19.2 Å². The van der Waals surface area contributed by atoms with Gasteiger partial charge in [0.1, 0.15) is 17.9 Å². The number of amides is 1. The number of anilines is 1. The molecule has 5 heteroatoms. The topological polar surface area (TPSA) is 65.4 Å². The Balaban J connectivity index is 2.09. The minimum absolute atomic E-state index is 0.0846. The van der Waals surface area contributed by atoms with Crippen molar-refractivity contribution in [3.8, 4) is 11.8 Å². The van der Waals surface area contributed by atoms with Gasteiger partial charge in [-0.3, -0.25) is 4.79 Å². The van der Waals surface area contributed by atoms with Gasteiger partial charge in [0.05, 0.1) is 18.4 Å². The minimum atomic E-state index is -0.359. The first kappa shape index (κ1) is 15.2. The molecule has 0 spiro atoms. The lowest BCUT2D eigenvalue weighted by atomic mass is 10.1. The Morgan fingerprint density at radius 1 is 1.38 bits per heavy atom. The van der Waals surface area contributed by atoms with Crippen LogP contribution >= 0.6 is 0 Å². The van der Waals surface area contributed by atoms with Gasteiger partial charge < -0.3 is 15.0 Å². The molecule has 1 amide bonds. The second-order valence-corrected chi connectivity index (χ2v) is 5.28. The zero-order valence-electron chi connectivity index (χ0n) is 12.6. The van der Waals surface area contributed by atoms with Crippen LogP contribution in [0.1, 0.15) is 31.7 Å². The molecule has 2 rings (SSSR count). The molecule has 5 nitrogen and oxygen atoms in total. The lowest BCUT2D eigenvalue weighted by Gasteiger charge is -2.30. The van der Waals surface area contributed by atoms with Gasteiger partial charge in [-0.05, 0) is 38.3 Å². The highest BCUT2D eigenvalue weighted by atomic mass is 16.5. The smallest absolute Gasteiger partial charge is 0.244 e. The summed E-state index contributed by atoms with van der Waals surface area (Å²) in [4.78, 5) is 14.3. The molecule has 1 atom stereocenters. The molecule has 0 aliphatic carbocycles. The maximum atomic E-state index is 12.4. The van der Waals surface area contributed by atoms with E-state index in [1.807, 2.05) is 11.8 Å². The van der Waals surface area contributed by atoms with Crippen molar-refractivity contribution in [2.24, 2.45) is 0 Å². The van der Waals surface area contributed by atoms with Crippen molar-refractivity contribution in [3.05, 3.63) is 23.8 Å². The highest BCUT2D eigenvalue weighted by Gasteiger charge is 2.22. The van der Waals surface area contributed by atoms with Gasteiger partial charge in [0.2, 0.25) is 5.91 Å². The van der Waals surface area contributed by atoms with E-state index in [1.54, 1.807) is 25.3 Å². The zero-order valence-corrected chi connectivity index (χ0v) is 12.6. The molecule has 1 saturated heterocycles. The quantitative estimate of drug-likeness (QED) is 0.923. The standard InChI is InChI=1S/C16H21N3O2/c1-12(16(20)19-8-4-3-5-9-19)18-15-10-14(21-2)7-6-13(15)11-17/h6-7,10,12,18H,3-5,8-9H2,1-2H3. The molecule has 0 radical (unpaired) electrons. The number of hydrogen-bond acceptors (Lipinski definition) is 4. The normalized spacial score (nSPS) is 16.0. The maximum absolute atomic E-state index is 12.4. The SMILES string of the molecule is COc1ccc(C#N)c(NC(C)C(=O)N2CCCCC2)c1. The monoisotopic (exact) mass is 287 g/mol. The van der Waals surface area contributed by atoms with Crippen LogP contribution in [0.25, 0.3) is 0 Å². The van der Waals surface area contributed by atoms with Gasteiger partial charge in [0.25, 0.3) is 0 Å². The van der Waals surface area contributed by atoms with E-state index in [1.165, 1.54) is 6.42 Å². The Hall–Kier alpha value is -2.22. The predicted octanol–water partition coefficient (Wildman–Crippen LogP) is 2.38. The number of methoxy groups -OCH3 is 1. The number of carbonyl (C=O) groups excluding carboxylic acids is 1. The third-order valence-electron chi connectivity index (χ3n) is 3.76. The van der Waals surface area contributed by atoms with Gasteiger partial charge in [0.15, 0.2) is 0 Å². The summed E-state index contributed by atoms with van der Waals surface area (Å²) in [7, 11) is 1.58. The van der Waals surface area contributed by atoms with Gasteiger partial charge in [-0.15, -0.1) is 0 Å². The Labute approximate surface area is 125 Å². The van der Waals surface area contributed by atoms with Crippen molar-refractivity contribution >= 4 is 11.6 Å². The summed E-state index contributed by atoms with van der Waals surface area (Å²) in [6.45, 7) is 3.49. The molecular formula is C16H21N3O2. The fraction of sp³-hybridized carbons (Fsp3) is 0.500. The van der Waals surface area contributed by atoms with E-state index < -0.39 is 0 Å². The summed E-state index contributed by atoms with van der Waals surface area (Å²) < 4.78 is 5.17. The molecule has 112 valence electrons. The summed E-state index contributed by atoms with van der Waals surface area (Å²) in [5, 5.41) is 12.3. The molecular weight excluding hydrogens is 266 g/mol.